The zero-order valence-electron chi connectivity index (χ0n) is 10.9. The average molecular weight is 246 g/mol. The van der Waals surface area contributed by atoms with Gasteiger partial charge < -0.3 is 5.32 Å². The summed E-state index contributed by atoms with van der Waals surface area (Å²) in [7, 11) is 0. The Balaban J connectivity index is 1.52. The van der Waals surface area contributed by atoms with Gasteiger partial charge in [-0.25, -0.2) is 0 Å². The molecular formula is C14H22N4. The Hall–Kier alpha value is -0.970. The van der Waals surface area contributed by atoms with E-state index in [9.17, 15) is 0 Å². The van der Waals surface area contributed by atoms with E-state index in [0.717, 1.165) is 25.7 Å². The van der Waals surface area contributed by atoms with Crippen LogP contribution in [0, 0.1) is 0 Å². The third-order valence-electron chi connectivity index (χ3n) is 4.04. The van der Waals surface area contributed by atoms with Crippen molar-refractivity contribution < 1.29 is 0 Å². The lowest BCUT2D eigenvalue weighted by molar-refractivity contribution is 0.170. The predicted octanol–water partition coefficient (Wildman–Crippen LogP) is 0.561. The summed E-state index contributed by atoms with van der Waals surface area (Å²) >= 11 is 0. The SMILES string of the molecule is c1cncc(CN2CCC(N3CCNCC3)C2)c1. The molecule has 2 fully saturated rings. The molecule has 0 aromatic carbocycles. The van der Waals surface area contributed by atoms with Gasteiger partial charge in [-0.05, 0) is 18.1 Å². The largest absolute Gasteiger partial charge is 0.314 e. The smallest absolute Gasteiger partial charge is 0.0312 e. The number of piperazine rings is 1. The number of nitrogens with one attached hydrogen (secondary N) is 1. The molecule has 4 nitrogen and oxygen atoms in total. The first-order valence-electron chi connectivity index (χ1n) is 6.98. The fourth-order valence-electron chi connectivity index (χ4n) is 3.05. The highest BCUT2D eigenvalue weighted by molar-refractivity contribution is 5.08. The molecule has 0 saturated carbocycles. The van der Waals surface area contributed by atoms with Crippen LogP contribution in [0.4, 0.5) is 0 Å². The molecule has 2 saturated heterocycles. The number of pyridine rings is 1. The monoisotopic (exact) mass is 246 g/mol. The van der Waals surface area contributed by atoms with Gasteiger partial charge in [0.25, 0.3) is 0 Å². The molecular weight excluding hydrogens is 224 g/mol. The molecule has 0 bridgehead atoms. The van der Waals surface area contributed by atoms with Crippen molar-refractivity contribution in [2.75, 3.05) is 39.3 Å². The third kappa shape index (κ3) is 2.88. The first-order valence-corrected chi connectivity index (χ1v) is 6.98. The van der Waals surface area contributed by atoms with Gasteiger partial charge in [0, 0.05) is 64.2 Å². The fraction of sp³-hybridized carbons (Fsp3) is 0.643. The molecule has 2 aliphatic rings. The van der Waals surface area contributed by atoms with Gasteiger partial charge in [-0.15, -0.1) is 0 Å². The Labute approximate surface area is 109 Å². The van der Waals surface area contributed by atoms with E-state index >= 15 is 0 Å². The van der Waals surface area contributed by atoms with Crippen LogP contribution in [0.2, 0.25) is 0 Å². The van der Waals surface area contributed by atoms with Crippen LogP contribution >= 0.6 is 0 Å². The molecule has 1 N–H and O–H groups in total. The third-order valence-corrected chi connectivity index (χ3v) is 4.04. The second-order valence-electron chi connectivity index (χ2n) is 5.32. The number of rotatable bonds is 3. The molecule has 98 valence electrons. The van der Waals surface area contributed by atoms with Crippen LogP contribution in [0.5, 0.6) is 0 Å². The van der Waals surface area contributed by atoms with E-state index in [0.29, 0.717) is 0 Å². The van der Waals surface area contributed by atoms with Crippen LogP contribution in [0.1, 0.15) is 12.0 Å². The molecule has 1 atom stereocenters. The van der Waals surface area contributed by atoms with Crippen molar-refractivity contribution >= 4 is 0 Å². The minimum Gasteiger partial charge on any atom is -0.314 e. The molecule has 0 spiro atoms. The van der Waals surface area contributed by atoms with Crippen LogP contribution in [0.3, 0.4) is 0 Å². The van der Waals surface area contributed by atoms with Gasteiger partial charge in [-0.1, -0.05) is 6.07 Å². The summed E-state index contributed by atoms with van der Waals surface area (Å²) in [4.78, 5) is 9.40. The van der Waals surface area contributed by atoms with E-state index in [1.807, 2.05) is 18.5 Å². The zero-order chi connectivity index (χ0) is 12.2. The first-order chi connectivity index (χ1) is 8.92. The van der Waals surface area contributed by atoms with Crippen molar-refractivity contribution in [2.45, 2.75) is 19.0 Å². The van der Waals surface area contributed by atoms with Crippen molar-refractivity contribution in [2.24, 2.45) is 0 Å². The second kappa shape index (κ2) is 5.78. The van der Waals surface area contributed by atoms with E-state index in [2.05, 4.69) is 26.2 Å². The summed E-state index contributed by atoms with van der Waals surface area (Å²) in [6.07, 6.45) is 5.15. The number of hydrogen-bond donors (Lipinski definition) is 1. The summed E-state index contributed by atoms with van der Waals surface area (Å²) in [5, 5.41) is 3.43. The van der Waals surface area contributed by atoms with E-state index < -0.39 is 0 Å². The lowest BCUT2D eigenvalue weighted by Gasteiger charge is -2.32. The van der Waals surface area contributed by atoms with Crippen molar-refractivity contribution in [1.29, 1.82) is 0 Å². The second-order valence-corrected chi connectivity index (χ2v) is 5.32. The van der Waals surface area contributed by atoms with Crippen molar-refractivity contribution in [1.82, 2.24) is 20.1 Å². The highest BCUT2D eigenvalue weighted by Gasteiger charge is 2.28. The summed E-state index contributed by atoms with van der Waals surface area (Å²) < 4.78 is 0. The van der Waals surface area contributed by atoms with Gasteiger partial charge in [0.1, 0.15) is 0 Å². The van der Waals surface area contributed by atoms with Crippen LogP contribution in [-0.2, 0) is 6.54 Å². The predicted molar refractivity (Wildman–Crippen MR) is 72.4 cm³/mol. The summed E-state index contributed by atoms with van der Waals surface area (Å²) in [5.74, 6) is 0. The molecule has 3 rings (SSSR count). The summed E-state index contributed by atoms with van der Waals surface area (Å²) in [6, 6.07) is 4.97. The lowest BCUT2D eigenvalue weighted by Crippen LogP contribution is -2.49. The zero-order valence-corrected chi connectivity index (χ0v) is 10.9. The van der Waals surface area contributed by atoms with Gasteiger partial charge >= 0.3 is 0 Å². The van der Waals surface area contributed by atoms with Crippen molar-refractivity contribution in [3.05, 3.63) is 30.1 Å². The average Bonchev–Trinajstić information content (AvgIpc) is 2.89. The fourth-order valence-corrected chi connectivity index (χ4v) is 3.05. The molecule has 18 heavy (non-hydrogen) atoms. The van der Waals surface area contributed by atoms with Crippen molar-refractivity contribution in [3.8, 4) is 0 Å². The molecule has 2 aliphatic heterocycles. The Bertz CT molecular complexity index is 361. The molecule has 3 heterocycles. The van der Waals surface area contributed by atoms with Gasteiger partial charge in [0.2, 0.25) is 0 Å². The van der Waals surface area contributed by atoms with Gasteiger partial charge in [0.15, 0.2) is 0 Å². The molecule has 1 aromatic rings. The standard InChI is InChI=1S/C14H22N4/c1-2-13(10-16-4-1)11-17-7-3-14(12-17)18-8-5-15-6-9-18/h1-2,4,10,14-15H,3,5-9,11-12H2. The van der Waals surface area contributed by atoms with Crippen molar-refractivity contribution in [3.63, 3.8) is 0 Å². The molecule has 1 aromatic heterocycles. The Morgan fingerprint density at radius 2 is 2.17 bits per heavy atom. The van der Waals surface area contributed by atoms with Gasteiger partial charge in [-0.2, -0.15) is 0 Å². The maximum atomic E-state index is 4.19. The number of nitrogens with zero attached hydrogens (tertiary/aromatic N) is 3. The Morgan fingerprint density at radius 1 is 1.28 bits per heavy atom. The van der Waals surface area contributed by atoms with E-state index in [1.165, 1.54) is 38.2 Å². The minimum atomic E-state index is 0.767. The number of likely N-dealkylation sites (tertiary alicyclic amines) is 1. The first kappa shape index (κ1) is 12.1. The van der Waals surface area contributed by atoms with E-state index in [4.69, 9.17) is 0 Å². The number of hydrogen-bond acceptors (Lipinski definition) is 4. The van der Waals surface area contributed by atoms with Gasteiger partial charge in [-0.3, -0.25) is 14.8 Å². The highest BCUT2D eigenvalue weighted by Crippen LogP contribution is 2.18. The van der Waals surface area contributed by atoms with Crippen LogP contribution < -0.4 is 5.32 Å². The topological polar surface area (TPSA) is 31.4 Å². The lowest BCUT2D eigenvalue weighted by atomic mass is 10.2. The maximum absolute atomic E-state index is 4.19. The van der Waals surface area contributed by atoms with E-state index in [-0.39, 0.29) is 0 Å². The molecule has 1 unspecified atom stereocenters. The highest BCUT2D eigenvalue weighted by atomic mass is 15.3. The molecule has 0 radical (unpaired) electrons. The summed E-state index contributed by atoms with van der Waals surface area (Å²) in [6.45, 7) is 8.23. The molecule has 0 aliphatic carbocycles. The van der Waals surface area contributed by atoms with Gasteiger partial charge in [0.05, 0.1) is 0 Å². The van der Waals surface area contributed by atoms with E-state index in [1.54, 1.807) is 0 Å². The normalized spacial score (nSPS) is 26.6. The van der Waals surface area contributed by atoms with Crippen LogP contribution in [0.25, 0.3) is 0 Å². The quantitative estimate of drug-likeness (QED) is 0.844. The Kier molecular flexibility index (Phi) is 3.88. The summed E-state index contributed by atoms with van der Waals surface area (Å²) in [5.41, 5.74) is 1.33. The van der Waals surface area contributed by atoms with Crippen LogP contribution in [0.15, 0.2) is 24.5 Å². The Morgan fingerprint density at radius 3 is 2.94 bits per heavy atom. The molecule has 0 amide bonds. The molecule has 4 heteroatoms. The van der Waals surface area contributed by atoms with Crippen LogP contribution in [-0.4, -0.2) is 60.1 Å². The maximum Gasteiger partial charge on any atom is 0.0312 e. The minimum absolute atomic E-state index is 0.767. The number of aromatic nitrogens is 1.